The van der Waals surface area contributed by atoms with Gasteiger partial charge in [0.15, 0.2) is 0 Å². The minimum absolute atomic E-state index is 0.0809. The van der Waals surface area contributed by atoms with Crippen molar-refractivity contribution in [3.05, 3.63) is 83.1 Å². The molecule has 12 heteroatoms. The van der Waals surface area contributed by atoms with Gasteiger partial charge >= 0.3 is 0 Å². The van der Waals surface area contributed by atoms with Gasteiger partial charge < -0.3 is 15.4 Å². The van der Waals surface area contributed by atoms with Gasteiger partial charge in [0.1, 0.15) is 39.2 Å². The Hall–Kier alpha value is -3.54. The quantitative estimate of drug-likeness (QED) is 0.282. The summed E-state index contributed by atoms with van der Waals surface area (Å²) in [7, 11) is -3.12. The number of nitrogens with zero attached hydrogens (tertiary/aromatic N) is 3. The number of amides is 1. The maximum atomic E-state index is 12.3. The SMILES string of the molecule is CS(=O)(=O)CCNC(=O)Cc1ccc2c(c1)sc1ncnc(NC3C=C(Cl)C(OCc4ccccn4)=CC3)c12. The monoisotopic (exact) mass is 583 g/mol. The Morgan fingerprint density at radius 1 is 1.21 bits per heavy atom. The molecular formula is C27H26ClN5O4S2. The smallest absolute Gasteiger partial charge is 0.224 e. The summed E-state index contributed by atoms with van der Waals surface area (Å²) in [6, 6.07) is 11.4. The number of hydrogen-bond donors (Lipinski definition) is 2. The number of carbonyl (C=O) groups is 1. The maximum Gasteiger partial charge on any atom is 0.224 e. The first-order chi connectivity index (χ1) is 18.7. The van der Waals surface area contributed by atoms with Crippen LogP contribution in [0.5, 0.6) is 0 Å². The Labute approximate surface area is 234 Å². The van der Waals surface area contributed by atoms with Crippen LogP contribution < -0.4 is 10.6 Å². The van der Waals surface area contributed by atoms with E-state index in [9.17, 15) is 13.2 Å². The van der Waals surface area contributed by atoms with Crippen molar-refractivity contribution in [1.29, 1.82) is 0 Å². The van der Waals surface area contributed by atoms with E-state index in [0.29, 0.717) is 29.6 Å². The lowest BCUT2D eigenvalue weighted by atomic mass is 10.1. The van der Waals surface area contributed by atoms with E-state index in [1.54, 1.807) is 6.20 Å². The lowest BCUT2D eigenvalue weighted by molar-refractivity contribution is -0.120. The van der Waals surface area contributed by atoms with Crippen LogP contribution in [0.1, 0.15) is 17.7 Å². The molecule has 0 spiro atoms. The van der Waals surface area contributed by atoms with Gasteiger partial charge in [0.25, 0.3) is 0 Å². The fraction of sp³-hybridized carbons (Fsp3) is 0.259. The van der Waals surface area contributed by atoms with Gasteiger partial charge in [-0.1, -0.05) is 29.8 Å². The molecule has 1 aliphatic carbocycles. The summed E-state index contributed by atoms with van der Waals surface area (Å²) in [5.41, 5.74) is 1.66. The topological polar surface area (TPSA) is 123 Å². The third kappa shape index (κ3) is 6.92. The van der Waals surface area contributed by atoms with E-state index in [-0.39, 0.29) is 30.7 Å². The van der Waals surface area contributed by atoms with E-state index in [1.807, 2.05) is 48.6 Å². The molecule has 3 heterocycles. The number of rotatable bonds is 10. The number of carbonyl (C=O) groups excluding carboxylic acids is 1. The number of halogens is 1. The van der Waals surface area contributed by atoms with Gasteiger partial charge in [-0.05, 0) is 42.3 Å². The van der Waals surface area contributed by atoms with Crippen LogP contribution in [0, 0.1) is 0 Å². The molecule has 39 heavy (non-hydrogen) atoms. The number of benzene rings is 1. The van der Waals surface area contributed by atoms with E-state index >= 15 is 0 Å². The zero-order valence-corrected chi connectivity index (χ0v) is 23.4. The molecule has 202 valence electrons. The van der Waals surface area contributed by atoms with Crippen molar-refractivity contribution >= 4 is 64.8 Å². The summed E-state index contributed by atoms with van der Waals surface area (Å²) in [6.45, 7) is 0.437. The Kier molecular flexibility index (Phi) is 8.10. The average molecular weight is 584 g/mol. The van der Waals surface area contributed by atoms with Crippen LogP contribution in [0.25, 0.3) is 20.3 Å². The highest BCUT2D eigenvalue weighted by molar-refractivity contribution is 7.90. The normalized spacial score (nSPS) is 15.6. The van der Waals surface area contributed by atoms with Crippen molar-refractivity contribution in [1.82, 2.24) is 20.3 Å². The molecule has 9 nitrogen and oxygen atoms in total. The average Bonchev–Trinajstić information content (AvgIpc) is 3.27. The summed E-state index contributed by atoms with van der Waals surface area (Å²) < 4.78 is 29.4. The van der Waals surface area contributed by atoms with Gasteiger partial charge in [-0.25, -0.2) is 18.4 Å². The van der Waals surface area contributed by atoms with Crippen LogP contribution in [0.2, 0.25) is 0 Å². The molecule has 1 unspecified atom stereocenters. The molecule has 1 aliphatic rings. The lowest BCUT2D eigenvalue weighted by Crippen LogP contribution is -2.29. The Balaban J connectivity index is 1.27. The number of sulfone groups is 1. The van der Waals surface area contributed by atoms with Crippen LogP contribution in [0.4, 0.5) is 5.82 Å². The Bertz CT molecular complexity index is 1690. The van der Waals surface area contributed by atoms with Crippen LogP contribution in [-0.2, 0) is 32.4 Å². The summed E-state index contributed by atoms with van der Waals surface area (Å²) in [5, 5.41) is 8.56. The van der Waals surface area contributed by atoms with Gasteiger partial charge in [0.05, 0.1) is 34.3 Å². The second-order valence-corrected chi connectivity index (χ2v) is 12.9. The van der Waals surface area contributed by atoms with E-state index in [4.69, 9.17) is 16.3 Å². The zero-order valence-electron chi connectivity index (χ0n) is 21.1. The minimum atomic E-state index is -3.12. The standard InChI is InChI=1S/C27H26ClN5O4S2/c1-39(35,36)11-10-30-24(34)13-17-5-7-20-23(12-17)38-27-25(20)26(31-16-32-27)33-18-6-8-22(21(28)14-18)37-15-19-4-2-3-9-29-19/h2-5,7-9,12,14,16,18H,6,10-11,13,15H2,1H3,(H,30,34)(H,31,32,33). The van der Waals surface area contributed by atoms with E-state index < -0.39 is 9.84 Å². The van der Waals surface area contributed by atoms with Crippen molar-refractivity contribution in [2.75, 3.05) is 23.9 Å². The number of anilines is 1. The summed E-state index contributed by atoms with van der Waals surface area (Å²) in [6.07, 6.45) is 9.10. The number of fused-ring (bicyclic) bond motifs is 3. The third-order valence-electron chi connectivity index (χ3n) is 6.06. The van der Waals surface area contributed by atoms with Gasteiger partial charge in [-0.3, -0.25) is 9.78 Å². The van der Waals surface area contributed by atoms with Crippen LogP contribution >= 0.6 is 22.9 Å². The van der Waals surface area contributed by atoms with E-state index in [2.05, 4.69) is 25.6 Å². The number of ether oxygens (including phenoxy) is 1. The largest absolute Gasteiger partial charge is 0.486 e. The fourth-order valence-corrected chi connectivity index (χ4v) is 6.06. The molecular weight excluding hydrogens is 558 g/mol. The molecule has 4 aromatic rings. The number of nitrogens with one attached hydrogen (secondary N) is 2. The van der Waals surface area contributed by atoms with Crippen LogP contribution in [0.3, 0.4) is 0 Å². The molecule has 0 bridgehead atoms. The fourth-order valence-electron chi connectivity index (χ4n) is 4.19. The summed E-state index contributed by atoms with van der Waals surface area (Å²) in [5.74, 6) is 1.02. The van der Waals surface area contributed by atoms with Gasteiger partial charge in [0, 0.05) is 29.1 Å². The van der Waals surface area contributed by atoms with Crippen LogP contribution in [-0.4, -0.2) is 53.9 Å². The Morgan fingerprint density at radius 3 is 2.85 bits per heavy atom. The highest BCUT2D eigenvalue weighted by Gasteiger charge is 2.19. The Morgan fingerprint density at radius 2 is 2.08 bits per heavy atom. The summed E-state index contributed by atoms with van der Waals surface area (Å²) >= 11 is 8.05. The van der Waals surface area contributed by atoms with Crippen molar-refractivity contribution < 1.29 is 17.9 Å². The van der Waals surface area contributed by atoms with Crippen molar-refractivity contribution in [3.63, 3.8) is 0 Å². The minimum Gasteiger partial charge on any atom is -0.486 e. The molecule has 1 atom stereocenters. The van der Waals surface area contributed by atoms with Crippen molar-refractivity contribution in [3.8, 4) is 0 Å². The highest BCUT2D eigenvalue weighted by Crippen LogP contribution is 2.37. The zero-order chi connectivity index (χ0) is 27.4. The van der Waals surface area contributed by atoms with Crippen molar-refractivity contribution in [2.24, 2.45) is 0 Å². The summed E-state index contributed by atoms with van der Waals surface area (Å²) in [4.78, 5) is 26.3. The lowest BCUT2D eigenvalue weighted by Gasteiger charge is -2.21. The number of pyridine rings is 1. The molecule has 0 saturated heterocycles. The maximum absolute atomic E-state index is 12.3. The molecule has 5 rings (SSSR count). The van der Waals surface area contributed by atoms with Gasteiger partial charge in [0.2, 0.25) is 5.91 Å². The second kappa shape index (κ2) is 11.7. The second-order valence-electron chi connectivity index (χ2n) is 9.17. The molecule has 0 fully saturated rings. The van der Waals surface area contributed by atoms with Gasteiger partial charge in [-0.15, -0.1) is 11.3 Å². The molecule has 1 amide bonds. The van der Waals surface area contributed by atoms with E-state index in [1.165, 1.54) is 17.7 Å². The number of hydrogen-bond acceptors (Lipinski definition) is 9. The highest BCUT2D eigenvalue weighted by atomic mass is 35.5. The number of thiophene rings is 1. The van der Waals surface area contributed by atoms with Crippen molar-refractivity contribution in [2.45, 2.75) is 25.5 Å². The molecule has 3 aromatic heterocycles. The van der Waals surface area contributed by atoms with Crippen LogP contribution in [0.15, 0.2) is 71.9 Å². The first kappa shape index (κ1) is 27.0. The first-order valence-corrected chi connectivity index (χ1v) is 15.5. The molecule has 0 radical (unpaired) electrons. The molecule has 0 saturated carbocycles. The number of aromatic nitrogens is 3. The first-order valence-electron chi connectivity index (χ1n) is 12.2. The molecule has 1 aromatic carbocycles. The molecule has 0 aliphatic heterocycles. The third-order valence-corrected chi connectivity index (χ3v) is 8.38. The number of allylic oxidation sites excluding steroid dienone is 1. The molecule has 2 N–H and O–H groups in total. The van der Waals surface area contributed by atoms with E-state index in [0.717, 1.165) is 37.8 Å². The van der Waals surface area contributed by atoms with Gasteiger partial charge in [-0.2, -0.15) is 0 Å². The predicted octanol–water partition coefficient (Wildman–Crippen LogP) is 4.35. The predicted molar refractivity (Wildman–Crippen MR) is 154 cm³/mol.